The summed E-state index contributed by atoms with van der Waals surface area (Å²) >= 11 is 3.95. The first-order chi connectivity index (χ1) is 7.61. The van der Waals surface area contributed by atoms with Gasteiger partial charge in [0.1, 0.15) is 6.04 Å². The van der Waals surface area contributed by atoms with E-state index in [1.807, 2.05) is 0 Å². The van der Waals surface area contributed by atoms with Crippen LogP contribution in [0.2, 0.25) is 0 Å². The number of unbranched alkanes of at least 4 members (excludes halogenated alkanes) is 2. The van der Waals surface area contributed by atoms with E-state index in [1.165, 1.54) is 0 Å². The van der Waals surface area contributed by atoms with Crippen LogP contribution < -0.4 is 11.1 Å². The zero-order chi connectivity index (χ0) is 12.4. The van der Waals surface area contributed by atoms with Crippen LogP contribution in [0.4, 0.5) is 0 Å². The van der Waals surface area contributed by atoms with Crippen molar-refractivity contribution in [1.82, 2.24) is 5.32 Å². The lowest BCUT2D eigenvalue weighted by atomic mass is 10.1. The predicted molar refractivity (Wildman–Crippen MR) is 65.6 cm³/mol. The van der Waals surface area contributed by atoms with Crippen LogP contribution in [0.3, 0.4) is 0 Å². The number of carboxylic acids is 1. The smallest absolute Gasteiger partial charge is 0.326 e. The predicted octanol–water partition coefficient (Wildman–Crippen LogP) is 0.395. The van der Waals surface area contributed by atoms with Crippen molar-refractivity contribution < 1.29 is 14.7 Å². The fourth-order valence-electron chi connectivity index (χ4n) is 1.26. The van der Waals surface area contributed by atoms with Gasteiger partial charge in [-0.1, -0.05) is 6.42 Å². The summed E-state index contributed by atoms with van der Waals surface area (Å²) in [6.07, 6.45) is 3.24. The highest BCUT2D eigenvalue weighted by Crippen LogP contribution is 2.01. The highest BCUT2D eigenvalue weighted by atomic mass is 32.1. The minimum Gasteiger partial charge on any atom is -0.480 e. The van der Waals surface area contributed by atoms with Crippen LogP contribution in [0.1, 0.15) is 32.1 Å². The van der Waals surface area contributed by atoms with Crippen LogP contribution in [-0.4, -0.2) is 35.3 Å². The summed E-state index contributed by atoms with van der Waals surface area (Å²) in [6.45, 7) is 0.624. The van der Waals surface area contributed by atoms with Gasteiger partial charge in [0.25, 0.3) is 0 Å². The maximum atomic E-state index is 11.4. The summed E-state index contributed by atoms with van der Waals surface area (Å²) < 4.78 is 0. The molecule has 0 rings (SSSR count). The van der Waals surface area contributed by atoms with Gasteiger partial charge in [-0.3, -0.25) is 4.79 Å². The lowest BCUT2D eigenvalue weighted by Crippen LogP contribution is -2.40. The van der Waals surface area contributed by atoms with Gasteiger partial charge in [0.05, 0.1) is 0 Å². The summed E-state index contributed by atoms with van der Waals surface area (Å²) in [5.41, 5.74) is 5.32. The van der Waals surface area contributed by atoms with E-state index in [0.29, 0.717) is 25.1 Å². The van der Waals surface area contributed by atoms with E-state index < -0.39 is 12.0 Å². The zero-order valence-electron chi connectivity index (χ0n) is 9.32. The highest BCUT2D eigenvalue weighted by molar-refractivity contribution is 7.80. The van der Waals surface area contributed by atoms with Crippen molar-refractivity contribution in [2.45, 2.75) is 38.1 Å². The van der Waals surface area contributed by atoms with Crippen molar-refractivity contribution >= 4 is 24.5 Å². The van der Waals surface area contributed by atoms with E-state index in [9.17, 15) is 9.59 Å². The summed E-state index contributed by atoms with van der Waals surface area (Å²) in [7, 11) is 0. The molecule has 0 radical (unpaired) electrons. The number of nitrogens with one attached hydrogen (secondary N) is 1. The molecule has 1 amide bonds. The molecule has 0 bridgehead atoms. The molecule has 0 aliphatic carbocycles. The Morgan fingerprint density at radius 1 is 1.31 bits per heavy atom. The van der Waals surface area contributed by atoms with E-state index in [0.717, 1.165) is 19.3 Å². The van der Waals surface area contributed by atoms with E-state index in [2.05, 4.69) is 17.9 Å². The van der Waals surface area contributed by atoms with Gasteiger partial charge in [-0.05, 0) is 31.6 Å². The molecule has 0 aliphatic heterocycles. The Bertz CT molecular complexity index is 224. The second kappa shape index (κ2) is 9.47. The summed E-state index contributed by atoms with van der Waals surface area (Å²) in [6, 6.07) is -0.820. The lowest BCUT2D eigenvalue weighted by molar-refractivity contribution is -0.141. The number of amides is 1. The largest absolute Gasteiger partial charge is 0.480 e. The Morgan fingerprint density at radius 3 is 2.50 bits per heavy atom. The highest BCUT2D eigenvalue weighted by Gasteiger charge is 2.18. The average Bonchev–Trinajstić information content (AvgIpc) is 2.23. The van der Waals surface area contributed by atoms with Crippen LogP contribution in [-0.2, 0) is 9.59 Å². The third-order valence-corrected chi connectivity index (χ3v) is 2.42. The molecule has 0 fully saturated rings. The van der Waals surface area contributed by atoms with Gasteiger partial charge in [0, 0.05) is 6.42 Å². The van der Waals surface area contributed by atoms with E-state index in [1.54, 1.807) is 0 Å². The van der Waals surface area contributed by atoms with Crippen LogP contribution in [0.25, 0.3) is 0 Å². The van der Waals surface area contributed by atoms with Crippen molar-refractivity contribution in [2.75, 3.05) is 12.3 Å². The van der Waals surface area contributed by atoms with Gasteiger partial charge in [0.2, 0.25) is 5.91 Å². The Hall–Kier alpha value is -0.750. The van der Waals surface area contributed by atoms with Gasteiger partial charge >= 0.3 is 5.97 Å². The van der Waals surface area contributed by atoms with Gasteiger partial charge in [-0.2, -0.15) is 12.6 Å². The molecule has 94 valence electrons. The Morgan fingerprint density at radius 2 is 2.00 bits per heavy atom. The summed E-state index contributed by atoms with van der Waals surface area (Å²) in [4.78, 5) is 22.1. The minimum absolute atomic E-state index is 0.216. The topological polar surface area (TPSA) is 92.4 Å². The Balaban J connectivity index is 3.77. The normalized spacial score (nSPS) is 12.1. The number of carbonyl (C=O) groups excluding carboxylic acids is 1. The average molecular weight is 248 g/mol. The molecule has 0 heterocycles. The molecule has 5 nitrogen and oxygen atoms in total. The maximum Gasteiger partial charge on any atom is 0.326 e. The van der Waals surface area contributed by atoms with Crippen LogP contribution >= 0.6 is 12.6 Å². The second-order valence-corrected chi connectivity index (χ2v) is 4.02. The zero-order valence-corrected chi connectivity index (χ0v) is 10.2. The summed E-state index contributed by atoms with van der Waals surface area (Å²) in [5.74, 6) is -0.791. The van der Waals surface area contributed by atoms with Gasteiger partial charge in [-0.15, -0.1) is 0 Å². The number of hydrogen-bond donors (Lipinski definition) is 4. The van der Waals surface area contributed by atoms with Gasteiger partial charge < -0.3 is 16.2 Å². The third kappa shape index (κ3) is 7.53. The first kappa shape index (κ1) is 15.2. The molecule has 0 aromatic carbocycles. The molecule has 0 saturated carbocycles. The molecule has 16 heavy (non-hydrogen) atoms. The molecule has 4 N–H and O–H groups in total. The van der Waals surface area contributed by atoms with Crippen LogP contribution in [0.5, 0.6) is 0 Å². The number of nitrogens with two attached hydrogens (primary N) is 1. The molecule has 0 aliphatic rings. The number of aliphatic carboxylic acids is 1. The SMILES string of the molecule is NCCCCCC(=O)N[C@@H](CCS)C(=O)O. The quantitative estimate of drug-likeness (QED) is 0.351. The number of hydrogen-bond acceptors (Lipinski definition) is 4. The molecule has 0 spiro atoms. The first-order valence-electron chi connectivity index (χ1n) is 5.45. The fraction of sp³-hybridized carbons (Fsp3) is 0.800. The minimum atomic E-state index is -1.01. The van der Waals surface area contributed by atoms with Crippen molar-refractivity contribution in [3.63, 3.8) is 0 Å². The molecule has 6 heteroatoms. The van der Waals surface area contributed by atoms with E-state index >= 15 is 0 Å². The van der Waals surface area contributed by atoms with Crippen molar-refractivity contribution in [2.24, 2.45) is 5.73 Å². The molecule has 1 atom stereocenters. The van der Waals surface area contributed by atoms with Crippen molar-refractivity contribution in [3.05, 3.63) is 0 Å². The van der Waals surface area contributed by atoms with Crippen molar-refractivity contribution in [1.29, 1.82) is 0 Å². The van der Waals surface area contributed by atoms with E-state index in [-0.39, 0.29) is 5.91 Å². The molecule has 0 aromatic rings. The molecule has 0 unspecified atom stereocenters. The Labute approximate surface area is 101 Å². The molecular formula is C10H20N2O3S. The van der Waals surface area contributed by atoms with E-state index in [4.69, 9.17) is 10.8 Å². The Kier molecular flexibility index (Phi) is 9.03. The van der Waals surface area contributed by atoms with Crippen LogP contribution in [0.15, 0.2) is 0 Å². The standard InChI is InChI=1S/C10H20N2O3S/c11-6-3-1-2-4-9(13)12-8(5-7-16)10(14)15/h8,16H,1-7,11H2,(H,12,13)(H,14,15)/t8-/m0/s1. The maximum absolute atomic E-state index is 11.4. The van der Waals surface area contributed by atoms with Gasteiger partial charge in [-0.25, -0.2) is 4.79 Å². The second-order valence-electron chi connectivity index (χ2n) is 3.57. The molecule has 0 saturated heterocycles. The van der Waals surface area contributed by atoms with Crippen LogP contribution in [0, 0.1) is 0 Å². The third-order valence-electron chi connectivity index (χ3n) is 2.16. The van der Waals surface area contributed by atoms with Gasteiger partial charge in [0.15, 0.2) is 0 Å². The lowest BCUT2D eigenvalue weighted by Gasteiger charge is -2.13. The molecular weight excluding hydrogens is 228 g/mol. The number of thiol groups is 1. The fourth-order valence-corrected chi connectivity index (χ4v) is 1.52. The molecule has 0 aromatic heterocycles. The summed E-state index contributed by atoms with van der Waals surface area (Å²) in [5, 5.41) is 11.3. The monoisotopic (exact) mass is 248 g/mol. The van der Waals surface area contributed by atoms with Crippen molar-refractivity contribution in [3.8, 4) is 0 Å². The number of rotatable bonds is 9. The number of carboxylic acid groups (broad SMARTS) is 1. The first-order valence-corrected chi connectivity index (χ1v) is 6.08. The number of carbonyl (C=O) groups is 2.